The first-order valence-corrected chi connectivity index (χ1v) is 13.6. The highest BCUT2D eigenvalue weighted by Gasteiger charge is 2.30. The van der Waals surface area contributed by atoms with Crippen LogP contribution in [0.5, 0.6) is 5.75 Å². The topological polar surface area (TPSA) is 58.6 Å². The van der Waals surface area contributed by atoms with Crippen LogP contribution in [0.25, 0.3) is 0 Å². The molecule has 0 fully saturated rings. The van der Waals surface area contributed by atoms with Crippen molar-refractivity contribution in [2.45, 2.75) is 71.9 Å². The smallest absolute Gasteiger partial charge is 0.261 e. The molecule has 202 valence electrons. The van der Waals surface area contributed by atoms with Crippen molar-refractivity contribution in [2.75, 3.05) is 13.2 Å². The Morgan fingerprint density at radius 2 is 1.61 bits per heavy atom. The predicted molar refractivity (Wildman–Crippen MR) is 154 cm³/mol. The minimum Gasteiger partial charge on any atom is -0.484 e. The van der Waals surface area contributed by atoms with E-state index in [1.54, 1.807) is 4.90 Å². The molecule has 5 heteroatoms. The molecule has 0 saturated carbocycles. The molecule has 5 nitrogen and oxygen atoms in total. The van der Waals surface area contributed by atoms with Crippen LogP contribution in [0.4, 0.5) is 0 Å². The van der Waals surface area contributed by atoms with Crippen LogP contribution in [0, 0.1) is 6.92 Å². The number of nitrogens with zero attached hydrogens (tertiary/aromatic N) is 1. The highest BCUT2D eigenvalue weighted by atomic mass is 16.5. The molecule has 2 amide bonds. The number of ether oxygens (including phenoxy) is 1. The third-order valence-corrected chi connectivity index (χ3v) is 6.62. The Morgan fingerprint density at radius 3 is 2.24 bits per heavy atom. The van der Waals surface area contributed by atoms with E-state index in [2.05, 4.69) is 39.1 Å². The number of nitrogens with one attached hydrogen (secondary N) is 1. The monoisotopic (exact) mass is 514 g/mol. The van der Waals surface area contributed by atoms with Gasteiger partial charge in [0.25, 0.3) is 5.91 Å². The maximum atomic E-state index is 13.7. The fourth-order valence-corrected chi connectivity index (χ4v) is 4.35. The van der Waals surface area contributed by atoms with Crippen molar-refractivity contribution in [2.24, 2.45) is 0 Å². The largest absolute Gasteiger partial charge is 0.484 e. The summed E-state index contributed by atoms with van der Waals surface area (Å²) in [6.07, 6.45) is 2.30. The first-order valence-electron chi connectivity index (χ1n) is 13.6. The molecule has 0 spiro atoms. The maximum absolute atomic E-state index is 13.7. The van der Waals surface area contributed by atoms with Gasteiger partial charge in [-0.1, -0.05) is 106 Å². The minimum atomic E-state index is -0.658. The van der Waals surface area contributed by atoms with Crippen molar-refractivity contribution in [3.05, 3.63) is 101 Å². The normalized spacial score (nSPS) is 12.0. The first kappa shape index (κ1) is 29.0. The van der Waals surface area contributed by atoms with Crippen molar-refractivity contribution in [1.29, 1.82) is 0 Å². The van der Waals surface area contributed by atoms with E-state index in [4.69, 9.17) is 4.74 Å². The highest BCUT2D eigenvalue weighted by Crippen LogP contribution is 2.24. The van der Waals surface area contributed by atoms with Crippen LogP contribution in [-0.4, -0.2) is 35.9 Å². The van der Waals surface area contributed by atoms with Crippen LogP contribution in [0.1, 0.15) is 62.8 Å². The van der Waals surface area contributed by atoms with Crippen LogP contribution in [0.15, 0.2) is 78.9 Å². The molecule has 38 heavy (non-hydrogen) atoms. The van der Waals surface area contributed by atoms with Gasteiger partial charge in [0.05, 0.1) is 0 Å². The van der Waals surface area contributed by atoms with Gasteiger partial charge in [-0.2, -0.15) is 0 Å². The zero-order valence-corrected chi connectivity index (χ0v) is 23.5. The van der Waals surface area contributed by atoms with E-state index < -0.39 is 6.04 Å². The summed E-state index contributed by atoms with van der Waals surface area (Å²) in [6.45, 7) is 11.4. The van der Waals surface area contributed by atoms with Gasteiger partial charge in [0.15, 0.2) is 6.61 Å². The number of unbranched alkanes of at least 4 members (excludes halogenated alkanes) is 1. The molecular formula is C33H42N2O3. The molecule has 1 N–H and O–H groups in total. The standard InChI is InChI=1S/C33H42N2O3/c1-6-7-20-34-32(37)30(22-26-13-9-8-10-14-26)35(23-27-15-11-12-25(2)21-27)31(36)24-38-29-18-16-28(17-19-29)33(3,4)5/h8-19,21,30H,6-7,20,22-24H2,1-5H3,(H,34,37)/t30-/m0/s1. The number of rotatable bonds is 12. The average Bonchev–Trinajstić information content (AvgIpc) is 2.89. The second-order valence-corrected chi connectivity index (χ2v) is 10.9. The maximum Gasteiger partial charge on any atom is 0.261 e. The second-order valence-electron chi connectivity index (χ2n) is 10.9. The van der Waals surface area contributed by atoms with Crippen molar-refractivity contribution >= 4 is 11.8 Å². The number of hydrogen-bond acceptors (Lipinski definition) is 3. The third kappa shape index (κ3) is 8.76. The van der Waals surface area contributed by atoms with E-state index in [0.717, 1.165) is 29.5 Å². The third-order valence-electron chi connectivity index (χ3n) is 6.62. The van der Waals surface area contributed by atoms with Gasteiger partial charge in [0.1, 0.15) is 11.8 Å². The highest BCUT2D eigenvalue weighted by molar-refractivity contribution is 5.88. The summed E-state index contributed by atoms with van der Waals surface area (Å²) in [5.74, 6) is 0.268. The number of carbonyl (C=O) groups is 2. The van der Waals surface area contributed by atoms with E-state index in [-0.39, 0.29) is 23.8 Å². The zero-order valence-electron chi connectivity index (χ0n) is 23.5. The summed E-state index contributed by atoms with van der Waals surface area (Å²) in [7, 11) is 0. The number of amides is 2. The van der Waals surface area contributed by atoms with Gasteiger partial charge in [-0.05, 0) is 47.6 Å². The lowest BCUT2D eigenvalue weighted by Crippen LogP contribution is -2.51. The number of carbonyl (C=O) groups excluding carboxylic acids is 2. The van der Waals surface area contributed by atoms with E-state index in [0.29, 0.717) is 25.3 Å². The summed E-state index contributed by atoms with van der Waals surface area (Å²) >= 11 is 0. The van der Waals surface area contributed by atoms with Crippen LogP contribution in [0.2, 0.25) is 0 Å². The van der Waals surface area contributed by atoms with Gasteiger partial charge in [-0.3, -0.25) is 9.59 Å². The second kappa shape index (κ2) is 13.8. The first-order chi connectivity index (χ1) is 18.2. The van der Waals surface area contributed by atoms with Crippen LogP contribution < -0.4 is 10.1 Å². The van der Waals surface area contributed by atoms with Gasteiger partial charge in [0, 0.05) is 19.5 Å². The Morgan fingerprint density at radius 1 is 0.921 bits per heavy atom. The summed E-state index contributed by atoms with van der Waals surface area (Å²) in [5, 5.41) is 3.06. The molecule has 3 aromatic carbocycles. The molecule has 1 atom stereocenters. The Balaban J connectivity index is 1.86. The fraction of sp³-hybridized carbons (Fsp3) is 0.394. The number of hydrogen-bond donors (Lipinski definition) is 1. The summed E-state index contributed by atoms with van der Waals surface area (Å²) < 4.78 is 5.93. The van der Waals surface area contributed by atoms with Gasteiger partial charge < -0.3 is 15.0 Å². The van der Waals surface area contributed by atoms with Gasteiger partial charge in [0.2, 0.25) is 5.91 Å². The van der Waals surface area contributed by atoms with Gasteiger partial charge in [-0.15, -0.1) is 0 Å². The molecule has 0 unspecified atom stereocenters. The van der Waals surface area contributed by atoms with Crippen LogP contribution in [-0.2, 0) is 28.0 Å². The van der Waals surface area contributed by atoms with Crippen molar-refractivity contribution < 1.29 is 14.3 Å². The molecule has 0 heterocycles. The summed E-state index contributed by atoms with van der Waals surface area (Å²) in [6, 6.07) is 25.1. The van der Waals surface area contributed by atoms with Crippen LogP contribution >= 0.6 is 0 Å². The molecule has 0 bridgehead atoms. The van der Waals surface area contributed by atoms with Crippen molar-refractivity contribution in [1.82, 2.24) is 10.2 Å². The molecule has 3 aromatic rings. The number of aryl methyl sites for hydroxylation is 1. The quantitative estimate of drug-likeness (QED) is 0.292. The van der Waals surface area contributed by atoms with E-state index in [9.17, 15) is 9.59 Å². The van der Waals surface area contributed by atoms with Crippen molar-refractivity contribution in [3.8, 4) is 5.75 Å². The fourth-order valence-electron chi connectivity index (χ4n) is 4.35. The summed E-state index contributed by atoms with van der Waals surface area (Å²) in [5.41, 5.74) is 4.33. The average molecular weight is 515 g/mol. The molecule has 3 rings (SSSR count). The molecule has 0 saturated heterocycles. The molecule has 0 aromatic heterocycles. The van der Waals surface area contributed by atoms with E-state index >= 15 is 0 Å². The Labute approximate surface area is 228 Å². The van der Waals surface area contributed by atoms with Crippen LogP contribution in [0.3, 0.4) is 0 Å². The predicted octanol–water partition coefficient (Wildman–Crippen LogP) is 6.23. The van der Waals surface area contributed by atoms with E-state index in [1.807, 2.05) is 79.7 Å². The van der Waals surface area contributed by atoms with Gasteiger partial charge >= 0.3 is 0 Å². The lowest BCUT2D eigenvalue weighted by molar-refractivity contribution is -0.142. The lowest BCUT2D eigenvalue weighted by Gasteiger charge is -2.31. The Kier molecular flexibility index (Phi) is 10.5. The molecule has 0 aliphatic heterocycles. The molecular weight excluding hydrogens is 472 g/mol. The van der Waals surface area contributed by atoms with Gasteiger partial charge in [-0.25, -0.2) is 0 Å². The lowest BCUT2D eigenvalue weighted by atomic mass is 9.87. The van der Waals surface area contributed by atoms with E-state index in [1.165, 1.54) is 5.56 Å². The van der Waals surface area contributed by atoms with Crippen molar-refractivity contribution in [3.63, 3.8) is 0 Å². The Bertz CT molecular complexity index is 1170. The molecule has 0 aliphatic carbocycles. The Hall–Kier alpha value is -3.60. The minimum absolute atomic E-state index is 0.0365. The molecule has 0 aliphatic rings. The summed E-state index contributed by atoms with van der Waals surface area (Å²) in [4.78, 5) is 28.9. The molecule has 0 radical (unpaired) electrons. The SMILES string of the molecule is CCCCNC(=O)[C@H](Cc1ccccc1)N(Cc1cccc(C)c1)C(=O)COc1ccc(C(C)(C)C)cc1. The zero-order chi connectivity index (χ0) is 27.5. The number of benzene rings is 3.